The van der Waals surface area contributed by atoms with Crippen LogP contribution in [-0.2, 0) is 11.3 Å². The highest BCUT2D eigenvalue weighted by Gasteiger charge is 2.24. The molecule has 0 aliphatic carbocycles. The molecule has 0 amide bonds. The van der Waals surface area contributed by atoms with Crippen molar-refractivity contribution in [2.45, 2.75) is 33.2 Å². The third kappa shape index (κ3) is 4.42. The molecule has 5 nitrogen and oxygen atoms in total. The van der Waals surface area contributed by atoms with E-state index in [0.29, 0.717) is 5.92 Å². The molecule has 1 unspecified atom stereocenters. The summed E-state index contributed by atoms with van der Waals surface area (Å²) >= 11 is 0. The number of fused-ring (bicyclic) bond motifs is 1. The Labute approximate surface area is 160 Å². The molecule has 0 radical (unpaired) electrons. The highest BCUT2D eigenvalue weighted by atomic mass is 16.5. The van der Waals surface area contributed by atoms with Crippen LogP contribution in [0.2, 0.25) is 0 Å². The highest BCUT2D eigenvalue weighted by Crippen LogP contribution is 2.26. The van der Waals surface area contributed by atoms with Gasteiger partial charge in [-0.2, -0.15) is 0 Å². The Kier molecular flexibility index (Phi) is 5.62. The summed E-state index contributed by atoms with van der Waals surface area (Å²) in [5.41, 5.74) is 3.84. The van der Waals surface area contributed by atoms with Crippen molar-refractivity contribution in [3.8, 4) is 0 Å². The Bertz CT molecular complexity index is 854. The summed E-state index contributed by atoms with van der Waals surface area (Å²) in [6.07, 6.45) is 2.52. The Morgan fingerprint density at radius 1 is 1.07 bits per heavy atom. The molecular formula is C22H30N2O3. The van der Waals surface area contributed by atoms with E-state index < -0.39 is 0 Å². The molecule has 0 spiro atoms. The number of rotatable bonds is 4. The molecule has 0 bridgehead atoms. The van der Waals surface area contributed by atoms with Gasteiger partial charge in [0.2, 0.25) is 0 Å². The molecule has 4 rings (SSSR count). The van der Waals surface area contributed by atoms with Crippen molar-refractivity contribution in [1.29, 1.82) is 0 Å². The van der Waals surface area contributed by atoms with Crippen molar-refractivity contribution in [3.63, 3.8) is 0 Å². The van der Waals surface area contributed by atoms with Crippen LogP contribution in [0.15, 0.2) is 27.4 Å². The quantitative estimate of drug-likeness (QED) is 0.775. The minimum absolute atomic E-state index is 0.244. The summed E-state index contributed by atoms with van der Waals surface area (Å²) in [4.78, 5) is 17.2. The van der Waals surface area contributed by atoms with Crippen molar-refractivity contribution in [2.24, 2.45) is 5.92 Å². The van der Waals surface area contributed by atoms with Gasteiger partial charge in [0.05, 0.1) is 13.2 Å². The van der Waals surface area contributed by atoms with Crippen LogP contribution in [-0.4, -0.2) is 55.7 Å². The molecule has 1 aromatic carbocycles. The summed E-state index contributed by atoms with van der Waals surface area (Å²) in [6, 6.07) is 5.91. The van der Waals surface area contributed by atoms with Gasteiger partial charge >= 0.3 is 5.63 Å². The molecule has 1 aromatic heterocycles. The molecule has 0 N–H and O–H groups in total. The van der Waals surface area contributed by atoms with E-state index in [-0.39, 0.29) is 5.63 Å². The fourth-order valence-electron chi connectivity index (χ4n) is 4.64. The number of aryl methyl sites for hydroxylation is 2. The van der Waals surface area contributed by atoms with Crippen molar-refractivity contribution >= 4 is 11.0 Å². The number of piperidine rings is 1. The number of likely N-dealkylation sites (tertiary alicyclic amines) is 1. The molecular weight excluding hydrogens is 340 g/mol. The van der Waals surface area contributed by atoms with E-state index >= 15 is 0 Å². The zero-order chi connectivity index (χ0) is 18.8. The van der Waals surface area contributed by atoms with Gasteiger partial charge in [0.25, 0.3) is 0 Å². The maximum Gasteiger partial charge on any atom is 0.336 e. The molecule has 5 heteroatoms. The van der Waals surface area contributed by atoms with Crippen molar-refractivity contribution < 1.29 is 9.15 Å². The second kappa shape index (κ2) is 8.13. The monoisotopic (exact) mass is 370 g/mol. The summed E-state index contributed by atoms with van der Waals surface area (Å²) in [5.74, 6) is 0.701. The van der Waals surface area contributed by atoms with E-state index in [1.165, 1.54) is 18.4 Å². The van der Waals surface area contributed by atoms with Crippen LogP contribution in [0.4, 0.5) is 0 Å². The molecule has 2 aliphatic heterocycles. The average Bonchev–Trinajstić information content (AvgIpc) is 2.64. The Morgan fingerprint density at radius 2 is 1.89 bits per heavy atom. The third-order valence-corrected chi connectivity index (χ3v) is 5.88. The molecule has 146 valence electrons. The lowest BCUT2D eigenvalue weighted by molar-refractivity contribution is 0.0224. The molecule has 1 atom stereocenters. The van der Waals surface area contributed by atoms with E-state index in [9.17, 15) is 4.79 Å². The van der Waals surface area contributed by atoms with Gasteiger partial charge in [-0.25, -0.2) is 4.79 Å². The van der Waals surface area contributed by atoms with Gasteiger partial charge < -0.3 is 9.15 Å². The summed E-state index contributed by atoms with van der Waals surface area (Å²) in [5, 5.41) is 1.09. The number of ether oxygens (including phenoxy) is 1. The van der Waals surface area contributed by atoms with Crippen LogP contribution in [0.25, 0.3) is 11.0 Å². The standard InChI is InChI=1S/C22H30N2O3/c1-16-10-17(2)22-20(11-16)19(12-21(25)27-22)15-24-5-3-4-18(14-24)13-23-6-8-26-9-7-23/h10-12,18H,3-9,13-15H2,1-2H3. The first-order valence-electron chi connectivity index (χ1n) is 10.1. The number of morpholine rings is 1. The zero-order valence-corrected chi connectivity index (χ0v) is 16.5. The smallest absolute Gasteiger partial charge is 0.336 e. The van der Waals surface area contributed by atoms with Crippen LogP contribution in [0, 0.1) is 19.8 Å². The van der Waals surface area contributed by atoms with Gasteiger partial charge in [-0.1, -0.05) is 6.07 Å². The van der Waals surface area contributed by atoms with Gasteiger partial charge in [0, 0.05) is 44.2 Å². The van der Waals surface area contributed by atoms with Crippen LogP contribution >= 0.6 is 0 Å². The van der Waals surface area contributed by atoms with Crippen molar-refractivity contribution in [1.82, 2.24) is 9.80 Å². The summed E-state index contributed by atoms with van der Waals surface area (Å²) in [6.45, 7) is 12.1. The minimum atomic E-state index is -0.244. The van der Waals surface area contributed by atoms with E-state index in [1.54, 1.807) is 6.07 Å². The molecule has 2 aromatic rings. The maximum atomic E-state index is 12.1. The first-order chi connectivity index (χ1) is 13.1. The lowest BCUT2D eigenvalue weighted by atomic mass is 9.96. The predicted octanol–water partition coefficient (Wildman–Crippen LogP) is 2.95. The van der Waals surface area contributed by atoms with E-state index in [0.717, 1.165) is 74.6 Å². The normalized spacial score (nSPS) is 22.4. The number of hydrogen-bond acceptors (Lipinski definition) is 5. The maximum absolute atomic E-state index is 12.1. The lowest BCUT2D eigenvalue weighted by Crippen LogP contribution is -2.44. The molecule has 2 fully saturated rings. The van der Waals surface area contributed by atoms with Crippen molar-refractivity contribution in [2.75, 3.05) is 45.9 Å². The predicted molar refractivity (Wildman–Crippen MR) is 107 cm³/mol. The average molecular weight is 370 g/mol. The van der Waals surface area contributed by atoms with Gasteiger partial charge in [-0.3, -0.25) is 9.80 Å². The summed E-state index contributed by atoms with van der Waals surface area (Å²) in [7, 11) is 0. The van der Waals surface area contributed by atoms with Crippen LogP contribution < -0.4 is 5.63 Å². The van der Waals surface area contributed by atoms with Gasteiger partial charge in [0.1, 0.15) is 5.58 Å². The molecule has 2 aliphatic rings. The van der Waals surface area contributed by atoms with Gasteiger partial charge in [-0.15, -0.1) is 0 Å². The lowest BCUT2D eigenvalue weighted by Gasteiger charge is -2.36. The van der Waals surface area contributed by atoms with Crippen LogP contribution in [0.3, 0.4) is 0 Å². The molecule has 27 heavy (non-hydrogen) atoms. The molecule has 0 saturated carbocycles. The fraction of sp³-hybridized carbons (Fsp3) is 0.591. The highest BCUT2D eigenvalue weighted by molar-refractivity contribution is 5.83. The third-order valence-electron chi connectivity index (χ3n) is 5.88. The SMILES string of the molecule is Cc1cc(C)c2oc(=O)cc(CN3CCCC(CN4CCOCC4)C3)c2c1. The Balaban J connectivity index is 1.50. The summed E-state index contributed by atoms with van der Waals surface area (Å²) < 4.78 is 11.0. The van der Waals surface area contributed by atoms with Gasteiger partial charge in [-0.05, 0) is 61.9 Å². The number of nitrogens with zero attached hydrogens (tertiary/aromatic N) is 2. The van der Waals surface area contributed by atoms with Crippen LogP contribution in [0.1, 0.15) is 29.5 Å². The Morgan fingerprint density at radius 3 is 2.70 bits per heavy atom. The molecule has 2 saturated heterocycles. The van der Waals surface area contributed by atoms with Crippen LogP contribution in [0.5, 0.6) is 0 Å². The molecule has 3 heterocycles. The first-order valence-corrected chi connectivity index (χ1v) is 10.1. The largest absolute Gasteiger partial charge is 0.422 e. The second-order valence-electron chi connectivity index (χ2n) is 8.21. The first kappa shape index (κ1) is 18.7. The topological polar surface area (TPSA) is 45.9 Å². The van der Waals surface area contributed by atoms with Gasteiger partial charge in [0.15, 0.2) is 0 Å². The second-order valence-corrected chi connectivity index (χ2v) is 8.21. The van der Waals surface area contributed by atoms with E-state index in [1.807, 2.05) is 6.92 Å². The number of hydrogen-bond donors (Lipinski definition) is 0. The Hall–Kier alpha value is -1.69. The van der Waals surface area contributed by atoms with E-state index in [4.69, 9.17) is 9.15 Å². The minimum Gasteiger partial charge on any atom is -0.422 e. The number of benzene rings is 1. The zero-order valence-electron chi connectivity index (χ0n) is 16.5. The van der Waals surface area contributed by atoms with Crippen molar-refractivity contribution in [3.05, 3.63) is 45.3 Å². The van der Waals surface area contributed by atoms with E-state index in [2.05, 4.69) is 28.9 Å². The fourth-order valence-corrected chi connectivity index (χ4v) is 4.64.